The second kappa shape index (κ2) is 11.2. The number of amides is 2. The van der Waals surface area contributed by atoms with Crippen LogP contribution in [0.25, 0.3) is 6.08 Å². The number of esters is 1. The molecule has 0 aromatic heterocycles. The van der Waals surface area contributed by atoms with Crippen molar-refractivity contribution in [3.05, 3.63) is 64.9 Å². The standard InChI is InChI=1S/C31H37N3O7/c1-31(2,3)41-29(36)20-15-23-28(35)34-22(26(20)33(23)4)14-19-12-13-21(32-30(37)39-6)27(38-5)25(19)24(34)17-40-16-18-10-8-7-9-11-18/h7-14,20,23-24,26H,15-17H2,1-6H3,(H,32,37)/t20-,23+,24-,26-/m1/s1. The molecular weight excluding hydrogens is 526 g/mol. The zero-order valence-corrected chi connectivity index (χ0v) is 24.3. The zero-order chi connectivity index (χ0) is 29.5. The third-order valence-electron chi connectivity index (χ3n) is 7.79. The molecule has 10 nitrogen and oxygen atoms in total. The number of carbonyl (C=O) groups excluding carboxylic acids is 3. The molecule has 5 rings (SSSR count). The van der Waals surface area contributed by atoms with Crippen molar-refractivity contribution in [2.45, 2.75) is 57.5 Å². The Morgan fingerprint density at radius 1 is 1.07 bits per heavy atom. The molecule has 0 spiro atoms. The summed E-state index contributed by atoms with van der Waals surface area (Å²) >= 11 is 0. The molecule has 0 saturated carbocycles. The second-order valence-electron chi connectivity index (χ2n) is 11.6. The maximum absolute atomic E-state index is 14.1. The Hall–Kier alpha value is -3.89. The number of methoxy groups -OCH3 is 2. The molecule has 3 heterocycles. The third-order valence-corrected chi connectivity index (χ3v) is 7.79. The van der Waals surface area contributed by atoms with Gasteiger partial charge in [0.15, 0.2) is 0 Å². The lowest BCUT2D eigenvalue weighted by molar-refractivity contribution is -0.160. The van der Waals surface area contributed by atoms with Crippen LogP contribution in [0.15, 0.2) is 48.2 Å². The van der Waals surface area contributed by atoms with Crippen molar-refractivity contribution in [2.24, 2.45) is 5.92 Å². The Morgan fingerprint density at radius 3 is 2.46 bits per heavy atom. The van der Waals surface area contributed by atoms with Gasteiger partial charge < -0.3 is 23.8 Å². The summed E-state index contributed by atoms with van der Waals surface area (Å²) in [7, 11) is 4.69. The van der Waals surface area contributed by atoms with E-state index >= 15 is 0 Å². The number of hydrogen-bond donors (Lipinski definition) is 1. The van der Waals surface area contributed by atoms with Crippen LogP contribution >= 0.6 is 0 Å². The van der Waals surface area contributed by atoms with Gasteiger partial charge >= 0.3 is 12.1 Å². The molecule has 3 aliphatic heterocycles. The van der Waals surface area contributed by atoms with Gasteiger partial charge in [0, 0.05) is 11.3 Å². The van der Waals surface area contributed by atoms with E-state index in [-0.39, 0.29) is 24.5 Å². The number of fused-ring (bicyclic) bond motifs is 5. The first-order valence-electron chi connectivity index (χ1n) is 13.7. The second-order valence-corrected chi connectivity index (χ2v) is 11.6. The predicted octanol–water partition coefficient (Wildman–Crippen LogP) is 4.36. The average Bonchev–Trinajstić information content (AvgIpc) is 3.21. The van der Waals surface area contributed by atoms with Gasteiger partial charge in [-0.2, -0.15) is 0 Å². The largest absolute Gasteiger partial charge is 0.494 e. The molecule has 10 heteroatoms. The van der Waals surface area contributed by atoms with Crippen LogP contribution in [0.1, 0.15) is 49.9 Å². The van der Waals surface area contributed by atoms with E-state index in [0.29, 0.717) is 30.0 Å². The number of piperazine rings is 1. The number of benzene rings is 2. The number of rotatable bonds is 7. The molecule has 0 radical (unpaired) electrons. The molecule has 2 aromatic rings. The summed E-state index contributed by atoms with van der Waals surface area (Å²) in [4.78, 5) is 43.4. The Labute approximate surface area is 240 Å². The summed E-state index contributed by atoms with van der Waals surface area (Å²) in [6, 6.07) is 12.0. The molecule has 2 saturated heterocycles. The highest BCUT2D eigenvalue weighted by Gasteiger charge is 2.57. The van der Waals surface area contributed by atoms with Crippen LogP contribution in [0.4, 0.5) is 10.5 Å². The van der Waals surface area contributed by atoms with E-state index in [1.807, 2.05) is 75.2 Å². The van der Waals surface area contributed by atoms with E-state index in [9.17, 15) is 14.4 Å². The lowest BCUT2D eigenvalue weighted by atomic mass is 9.87. The molecule has 2 bridgehead atoms. The molecule has 218 valence electrons. The molecule has 2 fully saturated rings. The Balaban J connectivity index is 1.58. The highest BCUT2D eigenvalue weighted by molar-refractivity contribution is 5.93. The smallest absolute Gasteiger partial charge is 0.411 e. The average molecular weight is 564 g/mol. The summed E-state index contributed by atoms with van der Waals surface area (Å²) in [5.41, 5.74) is 3.02. The van der Waals surface area contributed by atoms with Crippen LogP contribution in [0.3, 0.4) is 0 Å². The number of hydrogen-bond acceptors (Lipinski definition) is 8. The SMILES string of the molecule is COC(=O)Nc1ccc2c(c1OC)[C@@H](COCc1ccccc1)N1C(=O)[C@@H]3C[C@@H](C(=O)OC(C)(C)C)[C@H](C1=C2)N3C. The van der Waals surface area contributed by atoms with Gasteiger partial charge in [0.2, 0.25) is 5.91 Å². The van der Waals surface area contributed by atoms with E-state index in [1.54, 1.807) is 11.0 Å². The van der Waals surface area contributed by atoms with Crippen molar-refractivity contribution in [2.75, 3.05) is 33.2 Å². The van der Waals surface area contributed by atoms with E-state index < -0.39 is 29.7 Å². The highest BCUT2D eigenvalue weighted by atomic mass is 16.6. The van der Waals surface area contributed by atoms with E-state index in [2.05, 4.69) is 5.32 Å². The molecule has 3 aliphatic rings. The van der Waals surface area contributed by atoms with E-state index in [1.165, 1.54) is 14.2 Å². The van der Waals surface area contributed by atoms with Gasteiger partial charge in [-0.25, -0.2) is 4.79 Å². The van der Waals surface area contributed by atoms with Crippen molar-refractivity contribution < 1.29 is 33.3 Å². The fourth-order valence-corrected chi connectivity index (χ4v) is 6.10. The number of anilines is 1. The van der Waals surface area contributed by atoms with Crippen LogP contribution in [-0.2, 0) is 30.4 Å². The minimum Gasteiger partial charge on any atom is -0.494 e. The fraction of sp³-hybridized carbons (Fsp3) is 0.452. The topological polar surface area (TPSA) is 107 Å². The normalized spacial score (nSPS) is 23.3. The van der Waals surface area contributed by atoms with Crippen molar-refractivity contribution in [3.63, 3.8) is 0 Å². The molecule has 2 amide bonds. The molecule has 0 unspecified atom stereocenters. The number of carbonyl (C=O) groups is 3. The maximum Gasteiger partial charge on any atom is 0.411 e. The van der Waals surface area contributed by atoms with Gasteiger partial charge in [-0.05, 0) is 57.5 Å². The molecule has 4 atom stereocenters. The monoisotopic (exact) mass is 563 g/mol. The van der Waals surface area contributed by atoms with Gasteiger partial charge in [-0.1, -0.05) is 36.4 Å². The lowest BCUT2D eigenvalue weighted by Gasteiger charge is -2.47. The highest BCUT2D eigenvalue weighted by Crippen LogP contribution is 2.51. The third kappa shape index (κ3) is 5.41. The van der Waals surface area contributed by atoms with E-state index in [4.69, 9.17) is 18.9 Å². The van der Waals surface area contributed by atoms with Gasteiger partial charge in [0.05, 0.1) is 57.2 Å². The van der Waals surface area contributed by atoms with E-state index in [0.717, 1.165) is 16.8 Å². The lowest BCUT2D eigenvalue weighted by Crippen LogP contribution is -2.57. The molecule has 0 aliphatic carbocycles. The summed E-state index contributed by atoms with van der Waals surface area (Å²) < 4.78 is 22.6. The summed E-state index contributed by atoms with van der Waals surface area (Å²) in [6.07, 6.45) is 1.66. The molecule has 1 N–H and O–H groups in total. The van der Waals surface area contributed by atoms with Gasteiger partial charge in [0.25, 0.3) is 0 Å². The first-order chi connectivity index (χ1) is 19.5. The Morgan fingerprint density at radius 2 is 1.80 bits per heavy atom. The van der Waals surface area contributed by atoms with Crippen LogP contribution < -0.4 is 10.1 Å². The maximum atomic E-state index is 14.1. The van der Waals surface area contributed by atoms with Crippen LogP contribution in [0.2, 0.25) is 0 Å². The summed E-state index contributed by atoms with van der Waals surface area (Å²) in [6.45, 7) is 6.05. The summed E-state index contributed by atoms with van der Waals surface area (Å²) in [5.74, 6) is -0.517. The molecule has 41 heavy (non-hydrogen) atoms. The number of nitrogens with zero attached hydrogens (tertiary/aromatic N) is 2. The van der Waals surface area contributed by atoms with Gasteiger partial charge in [-0.15, -0.1) is 0 Å². The minimum atomic E-state index is -0.645. The van der Waals surface area contributed by atoms with Crippen LogP contribution in [0.5, 0.6) is 5.75 Å². The quantitative estimate of drug-likeness (QED) is 0.496. The first kappa shape index (κ1) is 28.6. The number of ether oxygens (including phenoxy) is 4. The van der Waals surface area contributed by atoms with Crippen molar-refractivity contribution in [1.82, 2.24) is 9.80 Å². The van der Waals surface area contributed by atoms with Crippen LogP contribution in [0, 0.1) is 5.92 Å². The van der Waals surface area contributed by atoms with Gasteiger partial charge in [-0.3, -0.25) is 19.8 Å². The van der Waals surface area contributed by atoms with Crippen molar-refractivity contribution in [3.8, 4) is 5.75 Å². The van der Waals surface area contributed by atoms with Gasteiger partial charge in [0.1, 0.15) is 11.4 Å². The molecule has 2 aromatic carbocycles. The molecular formula is C31H37N3O7. The Kier molecular flexibility index (Phi) is 7.80. The van der Waals surface area contributed by atoms with Crippen molar-refractivity contribution in [1.29, 1.82) is 0 Å². The fourth-order valence-electron chi connectivity index (χ4n) is 6.10. The zero-order valence-electron chi connectivity index (χ0n) is 24.3. The van der Waals surface area contributed by atoms with Crippen molar-refractivity contribution >= 4 is 29.7 Å². The summed E-state index contributed by atoms with van der Waals surface area (Å²) in [5, 5.41) is 2.71. The Bertz CT molecular complexity index is 1370. The number of nitrogens with one attached hydrogen (secondary N) is 1. The number of likely N-dealkylation sites (N-methyl/N-ethyl adjacent to an activating group) is 1. The first-order valence-corrected chi connectivity index (χ1v) is 13.7. The van der Waals surface area contributed by atoms with Crippen LogP contribution in [-0.4, -0.2) is 73.3 Å². The predicted molar refractivity (Wildman–Crippen MR) is 152 cm³/mol. The minimum absolute atomic E-state index is 0.117.